The molecule has 2 unspecified atom stereocenters. The zero-order valence-corrected chi connectivity index (χ0v) is 5.72. The quantitative estimate of drug-likeness (QED) is 0.335. The lowest BCUT2D eigenvalue weighted by molar-refractivity contribution is 0.474. The Morgan fingerprint density at radius 1 is 1.60 bits per heavy atom. The van der Waals surface area contributed by atoms with Crippen molar-refractivity contribution in [3.05, 3.63) is 11.8 Å². The number of hydrogen-bond acceptors (Lipinski definition) is 4. The molecule has 0 aromatic carbocycles. The van der Waals surface area contributed by atoms with Crippen molar-refractivity contribution >= 4 is 0 Å². The summed E-state index contributed by atoms with van der Waals surface area (Å²) in [6.07, 6.45) is 3.29. The molecule has 1 saturated heterocycles. The third-order valence-electron chi connectivity index (χ3n) is 1.95. The lowest BCUT2D eigenvalue weighted by Gasteiger charge is -2.19. The van der Waals surface area contributed by atoms with Gasteiger partial charge in [0.2, 0.25) is 0 Å². The van der Waals surface area contributed by atoms with E-state index in [1.54, 1.807) is 0 Å². The normalized spacial score (nSPS) is 38.3. The van der Waals surface area contributed by atoms with E-state index in [4.69, 9.17) is 5.73 Å². The van der Waals surface area contributed by atoms with Gasteiger partial charge in [-0.15, -0.1) is 0 Å². The van der Waals surface area contributed by atoms with Gasteiger partial charge in [-0.3, -0.25) is 0 Å². The molecule has 0 aromatic rings. The van der Waals surface area contributed by atoms with Crippen molar-refractivity contribution in [2.24, 2.45) is 5.73 Å². The lowest BCUT2D eigenvalue weighted by atomic mass is 10.1. The Bertz CT molecular complexity index is 165. The van der Waals surface area contributed by atoms with Crippen LogP contribution in [-0.2, 0) is 0 Å². The summed E-state index contributed by atoms with van der Waals surface area (Å²) in [4.78, 5) is 0. The predicted octanol–water partition coefficient (Wildman–Crippen LogP) is -1.38. The van der Waals surface area contributed by atoms with Gasteiger partial charge in [-0.05, 0) is 13.0 Å². The summed E-state index contributed by atoms with van der Waals surface area (Å²) in [7, 11) is 0. The van der Waals surface area contributed by atoms with Gasteiger partial charge in [0.05, 0.1) is 12.2 Å². The average Bonchev–Trinajstić information content (AvgIpc) is 2.34. The maximum Gasteiger partial charge on any atom is 0.0937 e. The van der Waals surface area contributed by atoms with Crippen LogP contribution in [0.4, 0.5) is 0 Å². The van der Waals surface area contributed by atoms with E-state index in [0.717, 1.165) is 13.0 Å². The molecule has 0 spiro atoms. The highest BCUT2D eigenvalue weighted by molar-refractivity contribution is 5.18. The molecule has 0 radical (unpaired) electrons. The Morgan fingerprint density at radius 2 is 2.50 bits per heavy atom. The molecule has 4 heteroatoms. The van der Waals surface area contributed by atoms with Gasteiger partial charge in [0.15, 0.2) is 0 Å². The van der Waals surface area contributed by atoms with Gasteiger partial charge in [0.25, 0.3) is 0 Å². The predicted molar refractivity (Wildman–Crippen MR) is 38.7 cm³/mol. The van der Waals surface area contributed by atoms with Gasteiger partial charge in [0.1, 0.15) is 0 Å². The van der Waals surface area contributed by atoms with Crippen LogP contribution in [0.5, 0.6) is 0 Å². The first-order valence-electron chi connectivity index (χ1n) is 3.58. The molecule has 0 aromatic heterocycles. The van der Waals surface area contributed by atoms with Crippen molar-refractivity contribution in [3.8, 4) is 0 Å². The monoisotopic (exact) mass is 140 g/mol. The van der Waals surface area contributed by atoms with E-state index in [1.807, 2.05) is 0 Å². The van der Waals surface area contributed by atoms with Crippen LogP contribution in [0.3, 0.4) is 0 Å². The fourth-order valence-corrected chi connectivity index (χ4v) is 1.40. The maximum absolute atomic E-state index is 5.71. The van der Waals surface area contributed by atoms with Crippen molar-refractivity contribution in [3.63, 3.8) is 0 Å². The van der Waals surface area contributed by atoms with Crippen molar-refractivity contribution in [1.29, 1.82) is 0 Å². The summed E-state index contributed by atoms with van der Waals surface area (Å²) in [5.74, 6) is 0. The summed E-state index contributed by atoms with van der Waals surface area (Å²) in [6.45, 7) is 1.03. The molecule has 56 valence electrons. The molecule has 2 atom stereocenters. The molecule has 2 rings (SSSR count). The zero-order valence-electron chi connectivity index (χ0n) is 5.72. The van der Waals surface area contributed by atoms with E-state index >= 15 is 0 Å². The second-order valence-electron chi connectivity index (χ2n) is 2.68. The number of nitrogens with one attached hydrogen (secondary N) is 3. The Morgan fingerprint density at radius 3 is 3.30 bits per heavy atom. The molecule has 0 bridgehead atoms. The molecular weight excluding hydrogens is 128 g/mol. The van der Waals surface area contributed by atoms with Crippen molar-refractivity contribution in [1.82, 2.24) is 16.2 Å². The van der Waals surface area contributed by atoms with E-state index in [2.05, 4.69) is 22.2 Å². The van der Waals surface area contributed by atoms with Gasteiger partial charge >= 0.3 is 0 Å². The van der Waals surface area contributed by atoms with E-state index in [-0.39, 0.29) is 6.17 Å². The van der Waals surface area contributed by atoms with E-state index < -0.39 is 0 Å². The van der Waals surface area contributed by atoms with Crippen molar-refractivity contribution in [2.75, 3.05) is 6.54 Å². The van der Waals surface area contributed by atoms with Gasteiger partial charge < -0.3 is 16.5 Å². The molecule has 0 amide bonds. The topological polar surface area (TPSA) is 62.1 Å². The van der Waals surface area contributed by atoms with Gasteiger partial charge in [0, 0.05) is 5.70 Å². The first-order chi connectivity index (χ1) is 4.88. The van der Waals surface area contributed by atoms with E-state index in [0.29, 0.717) is 6.04 Å². The zero-order chi connectivity index (χ0) is 6.97. The number of fused-ring (bicyclic) bond motifs is 1. The molecular formula is C6H12N4. The number of rotatable bonds is 0. The van der Waals surface area contributed by atoms with Crippen LogP contribution in [0, 0.1) is 0 Å². The first-order valence-corrected chi connectivity index (χ1v) is 3.58. The van der Waals surface area contributed by atoms with Crippen LogP contribution in [-0.4, -0.2) is 18.8 Å². The SMILES string of the molecule is NC1NNC2=CCCNC21. The number of hydrazine groups is 1. The fourth-order valence-electron chi connectivity index (χ4n) is 1.40. The summed E-state index contributed by atoms with van der Waals surface area (Å²) in [5, 5.41) is 3.31. The second-order valence-corrected chi connectivity index (χ2v) is 2.68. The summed E-state index contributed by atoms with van der Waals surface area (Å²) < 4.78 is 0. The van der Waals surface area contributed by atoms with Gasteiger partial charge in [-0.25, -0.2) is 5.43 Å². The second kappa shape index (κ2) is 2.23. The molecule has 4 nitrogen and oxygen atoms in total. The molecule has 2 aliphatic heterocycles. The van der Waals surface area contributed by atoms with Crippen LogP contribution in [0.2, 0.25) is 0 Å². The lowest BCUT2D eigenvalue weighted by Crippen LogP contribution is -2.48. The third-order valence-corrected chi connectivity index (χ3v) is 1.95. The third kappa shape index (κ3) is 0.811. The van der Waals surface area contributed by atoms with E-state index in [1.165, 1.54) is 5.70 Å². The highest BCUT2D eigenvalue weighted by Gasteiger charge is 2.28. The highest BCUT2D eigenvalue weighted by atomic mass is 15.5. The Hall–Kier alpha value is -0.580. The highest BCUT2D eigenvalue weighted by Crippen LogP contribution is 2.10. The summed E-state index contributed by atoms with van der Waals surface area (Å²) >= 11 is 0. The molecule has 5 N–H and O–H groups in total. The molecule has 10 heavy (non-hydrogen) atoms. The Kier molecular flexibility index (Phi) is 1.37. The van der Waals surface area contributed by atoms with Gasteiger partial charge in [-0.1, -0.05) is 6.08 Å². The minimum absolute atomic E-state index is 0.0200. The van der Waals surface area contributed by atoms with E-state index in [9.17, 15) is 0 Å². The minimum atomic E-state index is 0.0200. The minimum Gasteiger partial charge on any atom is -0.323 e. The molecule has 1 fully saturated rings. The molecule has 2 heterocycles. The summed E-state index contributed by atoms with van der Waals surface area (Å²) in [5.41, 5.74) is 12.9. The Labute approximate surface area is 59.8 Å². The van der Waals surface area contributed by atoms with Crippen LogP contribution < -0.4 is 21.9 Å². The van der Waals surface area contributed by atoms with Crippen LogP contribution in [0.25, 0.3) is 0 Å². The number of hydrogen-bond donors (Lipinski definition) is 4. The fraction of sp³-hybridized carbons (Fsp3) is 0.667. The molecule has 0 saturated carbocycles. The van der Waals surface area contributed by atoms with Crippen molar-refractivity contribution < 1.29 is 0 Å². The van der Waals surface area contributed by atoms with Crippen LogP contribution in [0.1, 0.15) is 6.42 Å². The largest absolute Gasteiger partial charge is 0.323 e. The number of nitrogens with two attached hydrogens (primary N) is 1. The van der Waals surface area contributed by atoms with Crippen LogP contribution in [0.15, 0.2) is 11.8 Å². The smallest absolute Gasteiger partial charge is 0.0937 e. The average molecular weight is 140 g/mol. The summed E-state index contributed by atoms with van der Waals surface area (Å²) in [6, 6.07) is 0.300. The van der Waals surface area contributed by atoms with Crippen molar-refractivity contribution in [2.45, 2.75) is 18.6 Å². The standard InChI is InChI=1S/C6H12N4/c7-6-5-4(9-10-6)2-1-3-8-5/h2,5-6,8-10H,1,3,7H2. The molecule has 2 aliphatic rings. The van der Waals surface area contributed by atoms with Crippen LogP contribution >= 0.6 is 0 Å². The maximum atomic E-state index is 5.71. The molecule has 0 aliphatic carbocycles. The first kappa shape index (κ1) is 6.15. The van der Waals surface area contributed by atoms with Gasteiger partial charge in [-0.2, -0.15) is 0 Å². The Balaban J connectivity index is 2.17.